The molecular formula is C27H33BrIN3O4. The third kappa shape index (κ3) is 8.92. The van der Waals surface area contributed by atoms with Gasteiger partial charge in [0.05, 0.1) is 17.6 Å². The summed E-state index contributed by atoms with van der Waals surface area (Å²) in [6.45, 7) is 6.55. The van der Waals surface area contributed by atoms with E-state index in [1.807, 2.05) is 60.2 Å². The molecule has 0 aliphatic carbocycles. The first-order chi connectivity index (χ1) is 17.0. The van der Waals surface area contributed by atoms with E-state index in [2.05, 4.69) is 28.2 Å². The molecule has 194 valence electrons. The van der Waals surface area contributed by atoms with Crippen LogP contribution in [0.2, 0.25) is 0 Å². The lowest BCUT2D eigenvalue weighted by atomic mass is 10.1. The van der Waals surface area contributed by atoms with Gasteiger partial charge >= 0.3 is 6.09 Å². The molecule has 0 aliphatic rings. The van der Waals surface area contributed by atoms with Crippen molar-refractivity contribution in [3.63, 3.8) is 0 Å². The second kappa shape index (κ2) is 15.7. The Hall–Kier alpha value is -2.40. The van der Waals surface area contributed by atoms with Crippen LogP contribution in [0, 0.1) is 0 Å². The predicted octanol–water partition coefficient (Wildman–Crippen LogP) is 1.96. The van der Waals surface area contributed by atoms with Gasteiger partial charge in [-0.1, -0.05) is 49.7 Å². The van der Waals surface area contributed by atoms with Gasteiger partial charge in [-0.2, -0.15) is 0 Å². The summed E-state index contributed by atoms with van der Waals surface area (Å²) >= 11 is 3.42. The number of unbranched alkanes of at least 4 members (excludes halogenated alkanes) is 1. The van der Waals surface area contributed by atoms with Crippen molar-refractivity contribution < 1.29 is 47.6 Å². The number of halogens is 2. The summed E-state index contributed by atoms with van der Waals surface area (Å²) in [5.41, 5.74) is 0.544. The van der Waals surface area contributed by atoms with Crippen molar-refractivity contribution >= 4 is 38.7 Å². The van der Waals surface area contributed by atoms with Crippen molar-refractivity contribution in [3.8, 4) is 5.75 Å². The Kier molecular flexibility index (Phi) is 13.0. The first kappa shape index (κ1) is 29.8. The molecule has 7 nitrogen and oxygen atoms in total. The highest BCUT2D eigenvalue weighted by Gasteiger charge is 2.16. The number of fused-ring (bicyclic) bond motifs is 1. The van der Waals surface area contributed by atoms with Crippen molar-refractivity contribution in [2.24, 2.45) is 0 Å². The van der Waals surface area contributed by atoms with Crippen LogP contribution < -0.4 is 38.6 Å². The van der Waals surface area contributed by atoms with Gasteiger partial charge in [0.1, 0.15) is 31.1 Å². The summed E-state index contributed by atoms with van der Waals surface area (Å²) in [6.07, 6.45) is 5.14. The van der Waals surface area contributed by atoms with E-state index in [-0.39, 0.29) is 43.0 Å². The molecule has 1 aromatic heterocycles. The molecule has 0 saturated heterocycles. The largest absolute Gasteiger partial charge is 1.00 e. The summed E-state index contributed by atoms with van der Waals surface area (Å²) in [7, 11) is 0. The Labute approximate surface area is 238 Å². The van der Waals surface area contributed by atoms with Gasteiger partial charge in [0.15, 0.2) is 12.4 Å². The van der Waals surface area contributed by atoms with E-state index in [4.69, 9.17) is 9.47 Å². The van der Waals surface area contributed by atoms with Crippen LogP contribution in [0.5, 0.6) is 5.75 Å². The highest BCUT2D eigenvalue weighted by molar-refractivity contribution is 9.10. The van der Waals surface area contributed by atoms with Gasteiger partial charge in [0.25, 0.3) is 5.91 Å². The van der Waals surface area contributed by atoms with Crippen LogP contribution >= 0.6 is 15.9 Å². The summed E-state index contributed by atoms with van der Waals surface area (Å²) in [5.74, 6) is 0.586. The van der Waals surface area contributed by atoms with Crippen LogP contribution in [0.25, 0.3) is 10.8 Å². The Balaban J connectivity index is 0.00000456. The lowest BCUT2D eigenvalue weighted by molar-refractivity contribution is -0.694. The zero-order chi connectivity index (χ0) is 25.0. The fourth-order valence-electron chi connectivity index (χ4n) is 3.63. The minimum Gasteiger partial charge on any atom is -1.00 e. The monoisotopic (exact) mass is 669 g/mol. The van der Waals surface area contributed by atoms with Gasteiger partial charge in [0, 0.05) is 11.9 Å². The number of nitrogens with zero attached hydrogens (tertiary/aromatic N) is 2. The van der Waals surface area contributed by atoms with Crippen molar-refractivity contribution in [1.29, 1.82) is 0 Å². The Morgan fingerprint density at radius 3 is 2.58 bits per heavy atom. The molecule has 36 heavy (non-hydrogen) atoms. The predicted molar refractivity (Wildman–Crippen MR) is 140 cm³/mol. The Morgan fingerprint density at radius 1 is 1.03 bits per heavy atom. The maximum Gasteiger partial charge on any atom is 0.409 e. The number of aryl methyl sites for hydroxylation is 1. The van der Waals surface area contributed by atoms with E-state index in [1.165, 1.54) is 0 Å². The van der Waals surface area contributed by atoms with E-state index in [0.717, 1.165) is 40.4 Å². The number of pyridine rings is 1. The highest BCUT2D eigenvalue weighted by atomic mass is 127. The lowest BCUT2D eigenvalue weighted by Crippen LogP contribution is -3.00. The number of benzene rings is 2. The molecule has 3 aromatic rings. The van der Waals surface area contributed by atoms with E-state index in [9.17, 15) is 9.59 Å². The van der Waals surface area contributed by atoms with E-state index < -0.39 is 6.09 Å². The van der Waals surface area contributed by atoms with Crippen molar-refractivity contribution in [3.05, 3.63) is 71.0 Å². The average Bonchev–Trinajstić information content (AvgIpc) is 2.87. The van der Waals surface area contributed by atoms with Gasteiger partial charge in [-0.3, -0.25) is 4.79 Å². The van der Waals surface area contributed by atoms with E-state index >= 15 is 0 Å². The van der Waals surface area contributed by atoms with Crippen LogP contribution in [0.15, 0.2) is 65.4 Å². The first-order valence-electron chi connectivity index (χ1n) is 12.0. The SMILES string of the molecule is CCCCN(CCOc1cccc2ccccc12)C(=O)OCCNC(=O)c1cc(Br)c[n+](CC)c1.[I-]. The molecule has 1 heterocycles. The average molecular weight is 670 g/mol. The van der Waals surface area contributed by atoms with Crippen molar-refractivity contribution in [2.45, 2.75) is 33.2 Å². The maximum absolute atomic E-state index is 12.7. The van der Waals surface area contributed by atoms with Crippen molar-refractivity contribution in [2.75, 3.05) is 32.8 Å². The lowest BCUT2D eigenvalue weighted by Gasteiger charge is -2.22. The fraction of sp³-hybridized carbons (Fsp3) is 0.370. The fourth-order valence-corrected chi connectivity index (χ4v) is 4.14. The second-order valence-corrected chi connectivity index (χ2v) is 9.03. The molecule has 2 amide bonds. The Bertz CT molecular complexity index is 1140. The molecule has 0 radical (unpaired) electrons. The van der Waals surface area contributed by atoms with E-state index in [1.54, 1.807) is 17.2 Å². The number of ether oxygens (including phenoxy) is 2. The maximum atomic E-state index is 12.7. The number of aromatic nitrogens is 1. The highest BCUT2D eigenvalue weighted by Crippen LogP contribution is 2.25. The molecule has 9 heteroatoms. The molecule has 2 aromatic carbocycles. The summed E-state index contributed by atoms with van der Waals surface area (Å²) in [5, 5.41) is 4.96. The van der Waals surface area contributed by atoms with Crippen LogP contribution in [0.1, 0.15) is 37.0 Å². The summed E-state index contributed by atoms with van der Waals surface area (Å²) in [6, 6.07) is 15.8. The quantitative estimate of drug-likeness (QED) is 0.182. The van der Waals surface area contributed by atoms with Gasteiger partial charge in [-0.15, -0.1) is 0 Å². The number of nitrogens with one attached hydrogen (secondary N) is 1. The van der Waals surface area contributed by atoms with Crippen LogP contribution in [0.4, 0.5) is 4.79 Å². The third-order valence-corrected chi connectivity index (χ3v) is 5.97. The molecule has 0 aliphatic heterocycles. The molecule has 1 N–H and O–H groups in total. The molecular weight excluding hydrogens is 637 g/mol. The van der Waals surface area contributed by atoms with Crippen LogP contribution in [-0.2, 0) is 11.3 Å². The van der Waals surface area contributed by atoms with Gasteiger partial charge in [0.2, 0.25) is 0 Å². The van der Waals surface area contributed by atoms with Crippen LogP contribution in [-0.4, -0.2) is 49.7 Å². The molecule has 0 saturated carbocycles. The van der Waals surface area contributed by atoms with Crippen LogP contribution in [0.3, 0.4) is 0 Å². The topological polar surface area (TPSA) is 71.8 Å². The molecule has 0 atom stereocenters. The van der Waals surface area contributed by atoms with Gasteiger partial charge < -0.3 is 43.7 Å². The molecule has 3 rings (SSSR count). The number of amides is 2. The standard InChI is InChI=1S/C27H32BrN3O4.HI/c1-3-5-14-31(15-17-34-25-12-8-10-21-9-6-7-11-24(21)25)27(33)35-16-13-29-26(32)22-18-23(28)20-30(4-2)19-22;/h6-12,18-20H,3-5,13-17H2,1-2H3;1H. The minimum atomic E-state index is -0.402. The summed E-state index contributed by atoms with van der Waals surface area (Å²) < 4.78 is 14.2. The number of carbonyl (C=O) groups excluding carboxylic acids is 2. The number of hydrogen-bond donors (Lipinski definition) is 1. The smallest absolute Gasteiger partial charge is 0.409 e. The van der Waals surface area contributed by atoms with E-state index in [0.29, 0.717) is 25.3 Å². The van der Waals surface area contributed by atoms with Gasteiger partial charge in [-0.05, 0) is 46.8 Å². The second-order valence-electron chi connectivity index (χ2n) is 8.11. The van der Waals surface area contributed by atoms with Crippen molar-refractivity contribution in [1.82, 2.24) is 10.2 Å². The summed E-state index contributed by atoms with van der Waals surface area (Å²) in [4.78, 5) is 26.8. The number of rotatable bonds is 12. The minimum absolute atomic E-state index is 0. The zero-order valence-electron chi connectivity index (χ0n) is 20.7. The third-order valence-electron chi connectivity index (χ3n) is 5.54. The first-order valence-corrected chi connectivity index (χ1v) is 12.8. The molecule has 0 bridgehead atoms. The molecule has 0 unspecified atom stereocenters. The molecule has 0 spiro atoms. The zero-order valence-corrected chi connectivity index (χ0v) is 24.5. The Morgan fingerprint density at radius 2 is 1.81 bits per heavy atom. The normalized spacial score (nSPS) is 10.4. The number of carbonyl (C=O) groups is 2. The van der Waals surface area contributed by atoms with Gasteiger partial charge in [-0.25, -0.2) is 9.36 Å². The number of hydrogen-bond acceptors (Lipinski definition) is 4. The molecule has 0 fully saturated rings.